The highest BCUT2D eigenvalue weighted by atomic mass is 16.2. The molecule has 0 aliphatic rings. The van der Waals surface area contributed by atoms with Gasteiger partial charge < -0.3 is 4.90 Å². The topological polar surface area (TPSA) is 69.7 Å². The summed E-state index contributed by atoms with van der Waals surface area (Å²) in [6, 6.07) is -1.31. The van der Waals surface area contributed by atoms with Crippen molar-refractivity contribution in [3.63, 3.8) is 0 Å². The fraction of sp³-hybridized carbons (Fsp3) is 0.500. The highest BCUT2D eigenvalue weighted by Crippen LogP contribution is 1.81. The van der Waals surface area contributed by atoms with Crippen molar-refractivity contribution < 1.29 is 14.4 Å². The Morgan fingerprint density at radius 2 is 1.67 bits per heavy atom. The summed E-state index contributed by atoms with van der Waals surface area (Å²) in [7, 11) is 4.23. The SMILES string of the molecule is CN(C)C(=O)NC(=O)N(C)C=O. The molecule has 0 fully saturated rings. The molecular formula is C6H11N3O3. The van der Waals surface area contributed by atoms with Crippen molar-refractivity contribution in [1.82, 2.24) is 15.1 Å². The molecule has 0 saturated heterocycles. The number of hydrogen-bond acceptors (Lipinski definition) is 3. The Morgan fingerprint density at radius 1 is 1.17 bits per heavy atom. The largest absolute Gasteiger partial charge is 0.331 e. The first kappa shape index (κ1) is 10.4. The van der Waals surface area contributed by atoms with Gasteiger partial charge in [0.25, 0.3) is 0 Å². The number of hydrogen-bond donors (Lipinski definition) is 1. The number of nitrogens with one attached hydrogen (secondary N) is 1. The Balaban J connectivity index is 4.01. The fourth-order valence-electron chi connectivity index (χ4n) is 0.339. The molecule has 5 amide bonds. The van der Waals surface area contributed by atoms with E-state index in [0.717, 1.165) is 4.90 Å². The van der Waals surface area contributed by atoms with Gasteiger partial charge in [0.1, 0.15) is 0 Å². The van der Waals surface area contributed by atoms with E-state index < -0.39 is 12.1 Å². The van der Waals surface area contributed by atoms with Gasteiger partial charge in [-0.1, -0.05) is 0 Å². The molecule has 0 bridgehead atoms. The molecular weight excluding hydrogens is 162 g/mol. The molecule has 0 aromatic rings. The number of carbonyl (C=O) groups is 3. The maximum absolute atomic E-state index is 10.8. The Kier molecular flexibility index (Phi) is 3.75. The summed E-state index contributed by atoms with van der Waals surface area (Å²) in [6.45, 7) is 0. The molecule has 0 rings (SSSR count). The van der Waals surface area contributed by atoms with Crippen molar-refractivity contribution in [3.05, 3.63) is 0 Å². The van der Waals surface area contributed by atoms with E-state index in [2.05, 4.69) is 0 Å². The number of urea groups is 2. The van der Waals surface area contributed by atoms with Gasteiger partial charge in [-0.15, -0.1) is 0 Å². The number of imide groups is 2. The molecule has 0 saturated carbocycles. The van der Waals surface area contributed by atoms with Crippen molar-refractivity contribution in [2.45, 2.75) is 0 Å². The second-order valence-corrected chi connectivity index (χ2v) is 2.35. The smallest absolute Gasteiger partial charge is 0.331 e. The lowest BCUT2D eigenvalue weighted by Gasteiger charge is -2.13. The Morgan fingerprint density at radius 3 is 2.00 bits per heavy atom. The number of nitrogens with zero attached hydrogens (tertiary/aromatic N) is 2. The first-order chi connectivity index (χ1) is 5.49. The van der Waals surface area contributed by atoms with Gasteiger partial charge in [0.15, 0.2) is 0 Å². The Labute approximate surface area is 70.1 Å². The summed E-state index contributed by atoms with van der Waals surface area (Å²) in [4.78, 5) is 33.6. The molecule has 0 aromatic heterocycles. The minimum absolute atomic E-state index is 0.318. The van der Waals surface area contributed by atoms with E-state index in [0.29, 0.717) is 6.41 Å². The quantitative estimate of drug-likeness (QED) is 0.542. The van der Waals surface area contributed by atoms with Gasteiger partial charge in [-0.05, 0) is 0 Å². The zero-order valence-electron chi connectivity index (χ0n) is 7.20. The van der Waals surface area contributed by atoms with Crippen LogP contribution in [0.1, 0.15) is 0 Å². The lowest BCUT2D eigenvalue weighted by atomic mass is 10.7. The highest BCUT2D eigenvalue weighted by molar-refractivity contribution is 5.96. The molecule has 0 spiro atoms. The third-order valence-electron chi connectivity index (χ3n) is 1.10. The molecule has 0 aliphatic heterocycles. The highest BCUT2D eigenvalue weighted by Gasteiger charge is 2.11. The van der Waals surface area contributed by atoms with Crippen molar-refractivity contribution in [2.75, 3.05) is 21.1 Å². The van der Waals surface area contributed by atoms with Crippen LogP contribution in [0.25, 0.3) is 0 Å². The molecule has 0 unspecified atom stereocenters. The number of rotatable bonds is 1. The molecule has 1 N–H and O–H groups in total. The first-order valence-electron chi connectivity index (χ1n) is 3.19. The van der Waals surface area contributed by atoms with E-state index in [9.17, 15) is 14.4 Å². The van der Waals surface area contributed by atoms with E-state index in [-0.39, 0.29) is 0 Å². The van der Waals surface area contributed by atoms with Gasteiger partial charge in [-0.25, -0.2) is 9.59 Å². The van der Waals surface area contributed by atoms with Crippen LogP contribution >= 0.6 is 0 Å². The van der Waals surface area contributed by atoms with Crippen LogP contribution in [0.5, 0.6) is 0 Å². The number of carbonyl (C=O) groups excluding carboxylic acids is 3. The minimum Gasteiger partial charge on any atom is -0.331 e. The second kappa shape index (κ2) is 4.32. The van der Waals surface area contributed by atoms with Crippen LogP contribution < -0.4 is 5.32 Å². The molecule has 0 aromatic carbocycles. The predicted molar refractivity (Wildman–Crippen MR) is 41.4 cm³/mol. The monoisotopic (exact) mass is 173 g/mol. The van der Waals surface area contributed by atoms with Crippen LogP contribution in [0.2, 0.25) is 0 Å². The second-order valence-electron chi connectivity index (χ2n) is 2.35. The standard InChI is InChI=1S/C6H11N3O3/c1-8(2)5(11)7-6(12)9(3)4-10/h4H,1-3H3,(H,7,11,12). The Bertz CT molecular complexity index is 202. The van der Waals surface area contributed by atoms with E-state index in [1.807, 2.05) is 5.32 Å². The third kappa shape index (κ3) is 3.00. The predicted octanol–water partition coefficient (Wildman–Crippen LogP) is -0.534. The summed E-state index contributed by atoms with van der Waals surface area (Å²) in [5.41, 5.74) is 0. The van der Waals surface area contributed by atoms with E-state index in [1.54, 1.807) is 0 Å². The average molecular weight is 173 g/mol. The normalized spacial score (nSPS) is 8.58. The van der Waals surface area contributed by atoms with E-state index >= 15 is 0 Å². The van der Waals surface area contributed by atoms with Gasteiger partial charge in [0.05, 0.1) is 0 Å². The molecule has 0 aliphatic carbocycles. The van der Waals surface area contributed by atoms with Crippen LogP contribution in [0.4, 0.5) is 9.59 Å². The lowest BCUT2D eigenvalue weighted by molar-refractivity contribution is -0.114. The van der Waals surface area contributed by atoms with Crippen molar-refractivity contribution in [1.29, 1.82) is 0 Å². The summed E-state index contributed by atoms with van der Waals surface area (Å²) < 4.78 is 0. The van der Waals surface area contributed by atoms with Crippen molar-refractivity contribution >= 4 is 18.5 Å². The summed E-state index contributed by atoms with van der Waals surface area (Å²) in [5, 5.41) is 1.97. The summed E-state index contributed by atoms with van der Waals surface area (Å²) in [6.07, 6.45) is 0.318. The van der Waals surface area contributed by atoms with Crippen molar-refractivity contribution in [3.8, 4) is 0 Å². The Hall–Kier alpha value is -1.59. The lowest BCUT2D eigenvalue weighted by Crippen LogP contribution is -2.44. The molecule has 0 heterocycles. The average Bonchev–Trinajstić information content (AvgIpc) is 2.02. The first-order valence-corrected chi connectivity index (χ1v) is 3.19. The molecule has 6 nitrogen and oxygen atoms in total. The maximum atomic E-state index is 10.8. The van der Waals surface area contributed by atoms with Crippen LogP contribution in [-0.2, 0) is 4.79 Å². The van der Waals surface area contributed by atoms with Gasteiger partial charge in [0, 0.05) is 21.1 Å². The molecule has 0 radical (unpaired) electrons. The van der Waals surface area contributed by atoms with Gasteiger partial charge in [0.2, 0.25) is 6.41 Å². The third-order valence-corrected chi connectivity index (χ3v) is 1.10. The summed E-state index contributed by atoms with van der Waals surface area (Å²) >= 11 is 0. The van der Waals surface area contributed by atoms with Gasteiger partial charge in [-0.3, -0.25) is 15.0 Å². The fourth-order valence-corrected chi connectivity index (χ4v) is 0.339. The van der Waals surface area contributed by atoms with E-state index in [1.165, 1.54) is 26.0 Å². The van der Waals surface area contributed by atoms with Gasteiger partial charge in [-0.2, -0.15) is 0 Å². The molecule has 68 valence electrons. The van der Waals surface area contributed by atoms with Crippen LogP contribution in [0.15, 0.2) is 0 Å². The van der Waals surface area contributed by atoms with Crippen LogP contribution in [0.3, 0.4) is 0 Å². The van der Waals surface area contributed by atoms with Crippen LogP contribution in [0, 0.1) is 0 Å². The van der Waals surface area contributed by atoms with Gasteiger partial charge >= 0.3 is 12.1 Å². The molecule has 0 atom stereocenters. The zero-order valence-corrected chi connectivity index (χ0v) is 7.20. The maximum Gasteiger partial charge on any atom is 0.331 e. The minimum atomic E-state index is -0.747. The number of amides is 5. The van der Waals surface area contributed by atoms with E-state index in [4.69, 9.17) is 0 Å². The molecule has 12 heavy (non-hydrogen) atoms. The molecule has 6 heteroatoms. The van der Waals surface area contributed by atoms with Crippen LogP contribution in [-0.4, -0.2) is 49.4 Å². The summed E-state index contributed by atoms with van der Waals surface area (Å²) in [5.74, 6) is 0. The zero-order chi connectivity index (χ0) is 9.72. The van der Waals surface area contributed by atoms with Crippen molar-refractivity contribution in [2.24, 2.45) is 0 Å².